The molecular formula is C86H121N11O46P5+. The number of methoxy groups -OCH3 is 3. The van der Waals surface area contributed by atoms with Gasteiger partial charge in [-0.15, -0.1) is 13.2 Å². The first-order valence-corrected chi connectivity index (χ1v) is 49.5. The highest BCUT2D eigenvalue weighted by Gasteiger charge is 2.43. The van der Waals surface area contributed by atoms with Gasteiger partial charge in [-0.25, -0.2) is 28.8 Å². The van der Waals surface area contributed by atoms with Crippen LogP contribution in [0.2, 0.25) is 0 Å². The highest BCUT2D eigenvalue weighted by Crippen LogP contribution is 2.61. The number of alkyl carbamates (subject to hydrolysis) is 3. The maximum Gasteiger partial charge on any atom is 0.505 e. The molecule has 57 nitrogen and oxygen atoms in total. The van der Waals surface area contributed by atoms with Crippen LogP contribution in [0.3, 0.4) is 0 Å². The number of nitro benzene ring substituents is 6. The zero-order valence-electron chi connectivity index (χ0n) is 75.4. The van der Waals surface area contributed by atoms with Crippen LogP contribution in [0.1, 0.15) is 138 Å². The number of carbonyl (C=O) groups is 8. The smallest absolute Gasteiger partial charge is 0.502 e. The van der Waals surface area contributed by atoms with E-state index in [1.165, 1.54) is 7.11 Å². The number of aliphatic hydroxyl groups is 4. The summed E-state index contributed by atoms with van der Waals surface area (Å²) >= 11 is 0. The average Bonchev–Trinajstić information content (AvgIpc) is 0.794. The number of esters is 3. The third-order valence-electron chi connectivity index (χ3n) is 19.1. The van der Waals surface area contributed by atoms with Gasteiger partial charge in [-0.3, -0.25) is 88.5 Å². The Labute approximate surface area is 845 Å². The van der Waals surface area contributed by atoms with Crippen LogP contribution in [0, 0.1) is 66.6 Å². The summed E-state index contributed by atoms with van der Waals surface area (Å²) in [5, 5.41) is 170. The summed E-state index contributed by atoms with van der Waals surface area (Å²) < 4.78 is 89.0. The van der Waals surface area contributed by atoms with Crippen LogP contribution in [0.25, 0.3) is 0 Å². The molecule has 0 heterocycles. The molecule has 22 N–H and O–H groups in total. The van der Waals surface area contributed by atoms with Crippen LogP contribution in [0.5, 0.6) is 23.0 Å². The molecule has 0 saturated heterocycles. The minimum absolute atomic E-state index is 0. The zero-order chi connectivity index (χ0) is 109. The number of aliphatic hydroxyl groups excluding tert-OH is 4. The number of para-hydroxylation sites is 2. The number of nitrogens with zero attached hydrogens (tertiary/aromatic N) is 6. The topological polar surface area (TPSA) is 928 Å². The fraction of sp³-hybridized carbons (Fsp3) is 0.372. The number of carboxylic acid groups (broad SMARTS) is 2. The number of carboxylic acids is 2. The number of phenols is 4. The van der Waals surface area contributed by atoms with Crippen LogP contribution in [0.4, 0.5) is 48.5 Å². The van der Waals surface area contributed by atoms with Crippen molar-refractivity contribution in [3.05, 3.63) is 277 Å². The maximum atomic E-state index is 12.8. The second kappa shape index (κ2) is 67.2. The van der Waals surface area contributed by atoms with E-state index < -0.39 is 292 Å². The van der Waals surface area contributed by atoms with Gasteiger partial charge >= 0.3 is 78.9 Å². The van der Waals surface area contributed by atoms with Gasteiger partial charge in [0.25, 0.3) is 11.4 Å². The fourth-order valence-corrected chi connectivity index (χ4v) is 17.6. The SMILES string of the molecule is C.C.C.C.C.C=CC(C)C=C.COC(=O)[C@H](CCP(=O)(O)C(O)c1cc([N+](=O)[O-])cc([N+](=O)[O-])c1O)NC(=O)OCc1ccccc1.COC(=O)[C@H](CCP(=O)(O)C(O)c1cccc([N+](=O)[O-])c1O)NC(=O)OCc1ccccc1.COC(=O)[C@H](CC[P+](=O)O)NC(=O)OCc1ccccc1.N[C@@H](CCP(=O)(O)C(O)c1cc([N+](=O)[O-])cc([N+](=O)[O-])c1O)C(=O)O.N[C@@H](CCP(=O)(O)C(O)c1cccc([N+](=O)[O-])c1O)C(=O)O. The van der Waals surface area contributed by atoms with Crippen molar-refractivity contribution in [1.82, 2.24) is 16.0 Å². The molecule has 62 heteroatoms. The normalized spacial score (nSPS) is 13.8. The molecule has 0 aliphatic heterocycles. The van der Waals surface area contributed by atoms with Crippen LogP contribution in [0.15, 0.2) is 177 Å². The summed E-state index contributed by atoms with van der Waals surface area (Å²) in [6.07, 6.45) is -4.06. The number of phenolic OH excluding ortho intramolecular Hbond substituents is 4. The van der Waals surface area contributed by atoms with Gasteiger partial charge in [0, 0.05) is 77.6 Å². The van der Waals surface area contributed by atoms with E-state index in [9.17, 15) is 182 Å². The molecule has 0 radical (unpaired) electrons. The van der Waals surface area contributed by atoms with Crippen molar-refractivity contribution in [1.29, 1.82) is 0 Å². The number of non-ortho nitro benzene ring substituents is 2. The van der Waals surface area contributed by atoms with Crippen molar-refractivity contribution in [2.75, 3.05) is 52.1 Å². The molecule has 0 aromatic heterocycles. The molecule has 0 spiro atoms. The number of hydrogen-bond acceptors (Lipinski definition) is 41. The van der Waals surface area contributed by atoms with Gasteiger partial charge < -0.3 is 126 Å². The van der Waals surface area contributed by atoms with Crippen molar-refractivity contribution in [2.24, 2.45) is 17.4 Å². The lowest BCUT2D eigenvalue weighted by Gasteiger charge is -2.22. The van der Waals surface area contributed by atoms with Gasteiger partial charge in [0.2, 0.25) is 52.5 Å². The molecule has 3 amide bonds. The number of hydrogen-bond donors (Lipinski definition) is 20. The van der Waals surface area contributed by atoms with Crippen molar-refractivity contribution >= 4 is 120 Å². The van der Waals surface area contributed by atoms with Crippen molar-refractivity contribution in [2.45, 2.75) is 150 Å². The number of nitrogens with one attached hydrogen (secondary N) is 3. The molecule has 9 unspecified atom stereocenters. The molecular weight excluding hydrogens is 2080 g/mol. The summed E-state index contributed by atoms with van der Waals surface area (Å²) in [5.74, 6) is -18.4. The summed E-state index contributed by atoms with van der Waals surface area (Å²) in [7, 11) is -17.4. The van der Waals surface area contributed by atoms with Gasteiger partial charge in [0.15, 0.2) is 29.5 Å². The highest BCUT2D eigenvalue weighted by atomic mass is 31.2. The van der Waals surface area contributed by atoms with E-state index in [0.717, 1.165) is 56.2 Å². The summed E-state index contributed by atoms with van der Waals surface area (Å²) in [5.41, 5.74) is 4.16. The number of allylic oxidation sites excluding steroid dienone is 2. The van der Waals surface area contributed by atoms with E-state index >= 15 is 0 Å². The van der Waals surface area contributed by atoms with E-state index in [0.29, 0.717) is 41.3 Å². The number of nitrogens with two attached hydrogens (primary N) is 2. The molecule has 0 fully saturated rings. The Bertz CT molecular complexity index is 5850. The number of amides is 3. The average molecular weight is 2200 g/mol. The molecule has 0 aliphatic rings. The molecule has 14 atom stereocenters. The van der Waals surface area contributed by atoms with Crippen LogP contribution in [-0.4, -0.2) is 236 Å². The van der Waals surface area contributed by atoms with Crippen LogP contribution < -0.4 is 27.4 Å². The Morgan fingerprint density at radius 3 is 0.858 bits per heavy atom. The van der Waals surface area contributed by atoms with E-state index in [1.54, 1.807) is 72.8 Å². The summed E-state index contributed by atoms with van der Waals surface area (Å²) in [4.78, 5) is 201. The Kier molecular flexibility index (Phi) is 63.4. The maximum absolute atomic E-state index is 12.8. The molecule has 7 aromatic rings. The Balaban J connectivity index is -0.000000867. The predicted octanol–water partition coefficient (Wildman–Crippen LogP) is 12.1. The molecule has 0 saturated carbocycles. The van der Waals surface area contributed by atoms with E-state index in [-0.39, 0.29) is 76.0 Å². The van der Waals surface area contributed by atoms with Crippen molar-refractivity contribution < 1.29 is 195 Å². The third-order valence-corrected chi connectivity index (χ3v) is 27.5. The molecule has 0 bridgehead atoms. The van der Waals surface area contributed by atoms with E-state index in [1.807, 2.05) is 37.3 Å². The third kappa shape index (κ3) is 46.4. The first-order valence-electron chi connectivity index (χ1n) is 40.5. The van der Waals surface area contributed by atoms with Gasteiger partial charge in [-0.05, 0) is 52.9 Å². The van der Waals surface area contributed by atoms with Crippen LogP contribution in [-0.2, 0) is 95.0 Å². The Morgan fingerprint density at radius 1 is 0.392 bits per heavy atom. The molecule has 0 aliphatic carbocycles. The largest absolute Gasteiger partial charge is 0.505 e. The minimum Gasteiger partial charge on any atom is -0.502 e. The molecule has 7 rings (SSSR count). The summed E-state index contributed by atoms with van der Waals surface area (Å²) in [6.45, 7) is 9.01. The summed E-state index contributed by atoms with van der Waals surface area (Å²) in [6, 6.07) is 27.8. The van der Waals surface area contributed by atoms with Crippen molar-refractivity contribution in [3.8, 4) is 23.0 Å². The van der Waals surface area contributed by atoms with E-state index in [4.69, 9.17) is 40.8 Å². The molecule has 7 aromatic carbocycles. The number of benzene rings is 7. The number of carbonyl (C=O) groups excluding carboxylic acids is 6. The molecule has 820 valence electrons. The first kappa shape index (κ1) is 140. The second-order valence-electron chi connectivity index (χ2n) is 29.3. The lowest BCUT2D eigenvalue weighted by atomic mass is 10.1. The minimum atomic E-state index is -4.79. The quantitative estimate of drug-likeness (QED) is 0.00421. The number of aromatic hydroxyl groups is 4. The number of aliphatic carboxylic acids is 2. The lowest BCUT2D eigenvalue weighted by Crippen LogP contribution is -2.42. The number of rotatable bonds is 45. The number of ether oxygens (including phenoxy) is 6. The van der Waals surface area contributed by atoms with Crippen molar-refractivity contribution in [3.63, 3.8) is 0 Å². The Morgan fingerprint density at radius 2 is 0.635 bits per heavy atom. The fourth-order valence-electron chi connectivity index (χ4n) is 11.1. The van der Waals surface area contributed by atoms with Gasteiger partial charge in [0.05, 0.1) is 63.0 Å². The van der Waals surface area contributed by atoms with E-state index in [2.05, 4.69) is 43.3 Å². The first-order chi connectivity index (χ1) is 66.7. The monoisotopic (exact) mass is 2200 g/mol. The van der Waals surface area contributed by atoms with Gasteiger partial charge in [-0.1, -0.05) is 171 Å². The zero-order valence-corrected chi connectivity index (χ0v) is 79.9. The Hall–Kier alpha value is -14.6. The lowest BCUT2D eigenvalue weighted by molar-refractivity contribution is -0.395. The predicted molar refractivity (Wildman–Crippen MR) is 530 cm³/mol. The van der Waals surface area contributed by atoms with Crippen LogP contribution >= 0.6 is 37.5 Å². The number of nitro groups is 6. The standard InChI is InChI=1S/C20H22N3O12P.C20H23N2O10P.C13H16NO6P.C11H14N3O10P.C11H15N2O8P.C6H10.5CH4/c1-34-18(25)15(21-20(27)35-11-12-5-3-2-4-6-12)7-8-36(32,33)19(26)14-9-13(22(28)29)10-16(17(14)24)23(30)31;1-31-18(24)15(21-20(26)32-12-13-6-3-2-4-7-13)10-11-33(29,30)19(25)14-8-5-9-16(17(14)23)22(27)28;1-19-12(15)11(7-8-21(17)18)14-13(16)20-9-10-5-3-2-4-6-10;12-7(10(16)17)1-2-25(23,24)11(18)6-3-5(13(19)20)4-8(9(6)15)14(21)22;12-7(10(15)16)4-5-22(20,21)11(17)6-2-1-3-8(9(6)14)13(18)19;1-4-6(3)5-2;;;;;/h2-6,9-10,15,19,24,26H,7-8,11H2,1H3,(H,21,27)(H,32,33);2-9,15,19,23,25H,10-12H2,1H3,(H,21,26)(H,29,30);2-6,11H,7-9H2,1H3,(H-,14,16,17,18);3-4,7,11,15,18H,1-2,12H2,(H,16,17)(H,23,24);1-3,7,11,14,17H,4-5,12H2,(H,15,16)(H,20,21);4-6H,1-2H2,3H3;5*1H4/p+1/t2*15-,19?;11-;2*7-,11?;;;;;;/m00000....../s1. The highest BCUT2D eigenvalue weighted by molar-refractivity contribution is 7.59. The second-order valence-corrected chi connectivity index (χ2v) is 40.2. The van der Waals surface area contributed by atoms with Gasteiger partial charge in [-0.2, -0.15) is 4.89 Å². The van der Waals surface area contributed by atoms with Gasteiger partial charge in [0.1, 0.15) is 50.0 Å². The molecule has 148 heavy (non-hydrogen) atoms.